The zero-order valence-electron chi connectivity index (χ0n) is 18.4. The van der Waals surface area contributed by atoms with Gasteiger partial charge in [0.2, 0.25) is 0 Å². The molecule has 5 rings (SSSR count). The summed E-state index contributed by atoms with van der Waals surface area (Å²) in [6.07, 6.45) is 7.69. The molecule has 1 aliphatic heterocycles. The molecule has 0 saturated carbocycles. The second-order valence-corrected chi connectivity index (χ2v) is 8.85. The molecule has 3 heterocycles. The fraction of sp³-hybridized carbons (Fsp3) is 0.308. The van der Waals surface area contributed by atoms with Gasteiger partial charge in [-0.15, -0.1) is 0 Å². The molecule has 0 bridgehead atoms. The molecule has 0 spiro atoms. The van der Waals surface area contributed by atoms with Crippen LogP contribution >= 0.6 is 0 Å². The molecule has 4 N–H and O–H groups in total. The van der Waals surface area contributed by atoms with E-state index in [0.29, 0.717) is 11.1 Å². The van der Waals surface area contributed by atoms with E-state index in [1.165, 1.54) is 0 Å². The van der Waals surface area contributed by atoms with E-state index < -0.39 is 5.97 Å². The average molecular weight is 445 g/mol. The zero-order chi connectivity index (χ0) is 22.8. The number of carboxylic acid groups (broad SMARTS) is 1. The maximum absolute atomic E-state index is 12.7. The average Bonchev–Trinajstić information content (AvgIpc) is 3.46. The van der Waals surface area contributed by atoms with Gasteiger partial charge in [0, 0.05) is 58.9 Å². The van der Waals surface area contributed by atoms with Crippen molar-refractivity contribution in [3.05, 3.63) is 71.5 Å². The number of likely N-dealkylation sites (tertiary alicyclic amines) is 1. The van der Waals surface area contributed by atoms with Gasteiger partial charge in [0.15, 0.2) is 0 Å². The summed E-state index contributed by atoms with van der Waals surface area (Å²) >= 11 is 0. The highest BCUT2D eigenvalue weighted by molar-refractivity contribution is 5.98. The van der Waals surface area contributed by atoms with Crippen molar-refractivity contribution in [2.75, 3.05) is 19.6 Å². The highest BCUT2D eigenvalue weighted by atomic mass is 16.4. The third kappa shape index (κ3) is 4.64. The molecular weight excluding hydrogens is 416 g/mol. The van der Waals surface area contributed by atoms with E-state index in [1.807, 2.05) is 42.7 Å². The van der Waals surface area contributed by atoms with Crippen LogP contribution in [0, 0.1) is 0 Å². The lowest BCUT2D eigenvalue weighted by Gasteiger charge is -2.32. The van der Waals surface area contributed by atoms with Gasteiger partial charge in [0.25, 0.3) is 5.91 Å². The van der Waals surface area contributed by atoms with Crippen LogP contribution in [0.15, 0.2) is 54.9 Å². The fourth-order valence-corrected chi connectivity index (χ4v) is 4.78. The van der Waals surface area contributed by atoms with E-state index in [2.05, 4.69) is 20.2 Å². The van der Waals surface area contributed by atoms with E-state index in [0.717, 1.165) is 72.7 Å². The fourth-order valence-electron chi connectivity index (χ4n) is 4.78. The van der Waals surface area contributed by atoms with Crippen molar-refractivity contribution in [1.82, 2.24) is 20.2 Å². The summed E-state index contributed by atoms with van der Waals surface area (Å²) in [7, 11) is 0. The summed E-state index contributed by atoms with van der Waals surface area (Å²) in [5.74, 6) is -0.902. The minimum atomic E-state index is -0.899. The summed E-state index contributed by atoms with van der Waals surface area (Å²) in [5.41, 5.74) is 4.20. The second kappa shape index (κ2) is 9.11. The van der Waals surface area contributed by atoms with Gasteiger partial charge in [0.05, 0.1) is 5.56 Å². The van der Waals surface area contributed by atoms with Gasteiger partial charge >= 0.3 is 5.97 Å². The van der Waals surface area contributed by atoms with Crippen LogP contribution in [0.25, 0.3) is 21.8 Å². The van der Waals surface area contributed by atoms with Crippen molar-refractivity contribution in [3.63, 3.8) is 0 Å². The molecule has 0 atom stereocenters. The molecule has 1 fully saturated rings. The highest BCUT2D eigenvalue weighted by Crippen LogP contribution is 2.22. The smallest absolute Gasteiger partial charge is 0.335 e. The van der Waals surface area contributed by atoms with Crippen LogP contribution in [0.3, 0.4) is 0 Å². The quantitative estimate of drug-likeness (QED) is 0.344. The predicted octanol–water partition coefficient (Wildman–Crippen LogP) is 4.17. The number of aromatic carboxylic acids is 1. The Bertz CT molecular complexity index is 1300. The third-order valence-corrected chi connectivity index (χ3v) is 6.67. The van der Waals surface area contributed by atoms with Gasteiger partial charge < -0.3 is 25.3 Å². The number of carbonyl (C=O) groups excluding carboxylic acids is 1. The lowest BCUT2D eigenvalue weighted by atomic mass is 10.0. The van der Waals surface area contributed by atoms with E-state index >= 15 is 0 Å². The molecular formula is C26H28N4O3. The number of aryl methyl sites for hydroxylation is 1. The van der Waals surface area contributed by atoms with E-state index in [-0.39, 0.29) is 11.9 Å². The van der Waals surface area contributed by atoms with Gasteiger partial charge in [-0.05, 0) is 80.3 Å². The number of amides is 1. The summed E-state index contributed by atoms with van der Waals surface area (Å²) in [4.78, 5) is 32.8. The molecule has 2 aromatic carbocycles. The molecule has 2 aromatic heterocycles. The Kier molecular flexibility index (Phi) is 5.88. The number of fused-ring (bicyclic) bond motifs is 2. The lowest BCUT2D eigenvalue weighted by molar-refractivity contribution is 0.0696. The SMILES string of the molecule is O=C(O)c1ccc2[nH]cc(CCCN3CCC(NC(=O)c4ccc5[nH]ccc5c4)CC3)c2c1. The van der Waals surface area contributed by atoms with E-state index in [4.69, 9.17) is 0 Å². The Labute approximate surface area is 191 Å². The summed E-state index contributed by atoms with van der Waals surface area (Å²) < 4.78 is 0. The Morgan fingerprint density at radius 1 is 1.00 bits per heavy atom. The van der Waals surface area contributed by atoms with Crippen molar-refractivity contribution in [3.8, 4) is 0 Å². The number of hydrogen-bond donors (Lipinski definition) is 4. The first-order valence-electron chi connectivity index (χ1n) is 11.5. The molecule has 0 aliphatic carbocycles. The van der Waals surface area contributed by atoms with Gasteiger partial charge in [0.1, 0.15) is 0 Å². The van der Waals surface area contributed by atoms with Crippen LogP contribution in [-0.4, -0.2) is 57.5 Å². The Morgan fingerprint density at radius 3 is 2.61 bits per heavy atom. The number of rotatable bonds is 7. The van der Waals surface area contributed by atoms with Crippen LogP contribution in [0.4, 0.5) is 0 Å². The molecule has 170 valence electrons. The van der Waals surface area contributed by atoms with Crippen molar-refractivity contribution in [2.45, 2.75) is 31.7 Å². The number of piperidine rings is 1. The van der Waals surface area contributed by atoms with Gasteiger partial charge in [-0.2, -0.15) is 0 Å². The molecule has 1 amide bonds. The van der Waals surface area contributed by atoms with Crippen molar-refractivity contribution < 1.29 is 14.7 Å². The largest absolute Gasteiger partial charge is 0.478 e. The number of aromatic amines is 2. The van der Waals surface area contributed by atoms with Crippen LogP contribution in [0.1, 0.15) is 45.5 Å². The Morgan fingerprint density at radius 2 is 1.79 bits per heavy atom. The monoisotopic (exact) mass is 444 g/mol. The summed E-state index contributed by atoms with van der Waals surface area (Å²) in [5, 5.41) is 14.5. The first-order chi connectivity index (χ1) is 16.1. The minimum Gasteiger partial charge on any atom is -0.478 e. The van der Waals surface area contributed by atoms with Crippen molar-refractivity contribution in [1.29, 1.82) is 0 Å². The molecule has 1 saturated heterocycles. The zero-order valence-corrected chi connectivity index (χ0v) is 18.4. The number of nitrogens with one attached hydrogen (secondary N) is 3. The second-order valence-electron chi connectivity index (χ2n) is 8.85. The third-order valence-electron chi connectivity index (χ3n) is 6.67. The van der Waals surface area contributed by atoms with Crippen LogP contribution in [0.2, 0.25) is 0 Å². The van der Waals surface area contributed by atoms with Crippen molar-refractivity contribution >= 4 is 33.7 Å². The number of H-pyrrole nitrogens is 2. The topological polar surface area (TPSA) is 101 Å². The van der Waals surface area contributed by atoms with Gasteiger partial charge in [-0.3, -0.25) is 4.79 Å². The number of benzene rings is 2. The number of nitrogens with zero attached hydrogens (tertiary/aromatic N) is 1. The molecule has 0 radical (unpaired) electrons. The molecule has 4 aromatic rings. The first-order valence-corrected chi connectivity index (χ1v) is 11.5. The molecule has 7 heteroatoms. The maximum atomic E-state index is 12.7. The van der Waals surface area contributed by atoms with E-state index in [9.17, 15) is 14.7 Å². The van der Waals surface area contributed by atoms with Crippen LogP contribution in [-0.2, 0) is 6.42 Å². The Hall–Kier alpha value is -3.58. The van der Waals surface area contributed by atoms with Gasteiger partial charge in [-0.1, -0.05) is 0 Å². The minimum absolute atomic E-state index is 0.00313. The molecule has 33 heavy (non-hydrogen) atoms. The normalized spacial score (nSPS) is 15.3. The number of carboxylic acids is 1. The standard InChI is InChI=1S/C26H28N4O3/c31-25(18-3-5-23-17(14-18)7-10-27-23)29-21-8-12-30(13-9-21)11-1-2-20-16-28-24-6-4-19(26(32)33)15-22(20)24/h3-7,10,14-16,21,27-28H,1-2,8-9,11-13H2,(H,29,31)(H,32,33). The number of hydrogen-bond acceptors (Lipinski definition) is 3. The summed E-state index contributed by atoms with van der Waals surface area (Å²) in [6, 6.07) is 13.2. The Balaban J connectivity index is 1.09. The maximum Gasteiger partial charge on any atom is 0.335 e. The van der Waals surface area contributed by atoms with Crippen LogP contribution < -0.4 is 5.32 Å². The predicted molar refractivity (Wildman–Crippen MR) is 129 cm³/mol. The lowest BCUT2D eigenvalue weighted by Crippen LogP contribution is -2.44. The molecule has 1 aliphatic rings. The number of aromatic nitrogens is 2. The first kappa shape index (κ1) is 21.3. The molecule has 7 nitrogen and oxygen atoms in total. The summed E-state index contributed by atoms with van der Waals surface area (Å²) in [6.45, 7) is 2.94. The highest BCUT2D eigenvalue weighted by Gasteiger charge is 2.21. The number of carbonyl (C=O) groups is 2. The van der Waals surface area contributed by atoms with Gasteiger partial charge in [-0.25, -0.2) is 4.79 Å². The molecule has 0 unspecified atom stereocenters. The van der Waals surface area contributed by atoms with E-state index in [1.54, 1.807) is 12.1 Å². The van der Waals surface area contributed by atoms with Crippen LogP contribution in [0.5, 0.6) is 0 Å². The van der Waals surface area contributed by atoms with Crippen molar-refractivity contribution in [2.24, 2.45) is 0 Å².